The molecule has 0 atom stereocenters. The molecule has 0 radical (unpaired) electrons. The van der Waals surface area contributed by atoms with Gasteiger partial charge >= 0.3 is 12.4 Å². The highest BCUT2D eigenvalue weighted by Crippen LogP contribution is 2.35. The number of hydrogen-bond acceptors (Lipinski definition) is 5. The molecule has 1 amide bonds. The predicted molar refractivity (Wildman–Crippen MR) is 116 cm³/mol. The van der Waals surface area contributed by atoms with E-state index in [0.717, 1.165) is 10.2 Å². The molecular formula is C22H20F6N4OS. The summed E-state index contributed by atoms with van der Waals surface area (Å²) in [7, 11) is 0. The largest absolute Gasteiger partial charge is 0.433 e. The van der Waals surface area contributed by atoms with Gasteiger partial charge in [-0.2, -0.15) is 26.3 Å². The van der Waals surface area contributed by atoms with Crippen LogP contribution < -0.4 is 10.6 Å². The molecule has 0 unspecified atom stereocenters. The normalized spacial score (nSPS) is 19.2. The highest BCUT2D eigenvalue weighted by atomic mass is 32.1. The van der Waals surface area contributed by atoms with Gasteiger partial charge in [0.05, 0.1) is 21.3 Å². The number of pyridine rings is 1. The molecule has 1 aliphatic carbocycles. The van der Waals surface area contributed by atoms with Crippen molar-refractivity contribution in [2.45, 2.75) is 44.1 Å². The Hall–Kier alpha value is -2.89. The van der Waals surface area contributed by atoms with Crippen LogP contribution in [0, 0.1) is 5.92 Å². The molecule has 1 aromatic carbocycles. The minimum Gasteiger partial charge on any atom is -0.385 e. The van der Waals surface area contributed by atoms with Gasteiger partial charge in [-0.25, -0.2) is 9.97 Å². The van der Waals surface area contributed by atoms with Crippen molar-refractivity contribution >= 4 is 33.1 Å². The maximum absolute atomic E-state index is 13.0. The fourth-order valence-electron chi connectivity index (χ4n) is 4.02. The molecule has 0 aliphatic heterocycles. The van der Waals surface area contributed by atoms with Crippen LogP contribution in [-0.2, 0) is 12.4 Å². The summed E-state index contributed by atoms with van der Waals surface area (Å²) in [6.07, 6.45) is -7.31. The van der Waals surface area contributed by atoms with Gasteiger partial charge < -0.3 is 10.6 Å². The molecular weight excluding hydrogens is 482 g/mol. The van der Waals surface area contributed by atoms with Crippen molar-refractivity contribution in [2.75, 3.05) is 11.9 Å². The number of benzene rings is 1. The van der Waals surface area contributed by atoms with Crippen molar-refractivity contribution in [3.63, 3.8) is 0 Å². The van der Waals surface area contributed by atoms with Crippen molar-refractivity contribution < 1.29 is 31.1 Å². The first-order chi connectivity index (χ1) is 16.0. The highest BCUT2D eigenvalue weighted by Gasteiger charge is 2.39. The van der Waals surface area contributed by atoms with Crippen molar-refractivity contribution in [1.82, 2.24) is 15.3 Å². The number of carbonyl (C=O) groups excluding carboxylic acids is 1. The smallest absolute Gasteiger partial charge is 0.385 e. The average molecular weight is 502 g/mol. The van der Waals surface area contributed by atoms with Crippen LogP contribution >= 0.6 is 11.3 Å². The predicted octanol–water partition coefficient (Wildman–Crippen LogP) is 6.13. The molecule has 182 valence electrons. The summed E-state index contributed by atoms with van der Waals surface area (Å²) in [6.45, 7) is 0.222. The number of amides is 1. The fraction of sp³-hybridized carbons (Fsp3) is 0.409. The quantitative estimate of drug-likeness (QED) is 0.412. The summed E-state index contributed by atoms with van der Waals surface area (Å²) in [5.41, 5.74) is -0.465. The third-order valence-corrected chi connectivity index (χ3v) is 6.66. The number of nitrogens with one attached hydrogen (secondary N) is 2. The molecule has 1 fully saturated rings. The number of fused-ring (bicyclic) bond motifs is 1. The van der Waals surface area contributed by atoms with Crippen molar-refractivity contribution in [2.24, 2.45) is 5.92 Å². The Labute approximate surface area is 194 Å². The number of rotatable bonds is 5. The molecule has 4 rings (SSSR count). The van der Waals surface area contributed by atoms with Crippen LogP contribution in [0.3, 0.4) is 0 Å². The Balaban J connectivity index is 1.33. The van der Waals surface area contributed by atoms with Crippen molar-refractivity contribution in [3.8, 4) is 0 Å². The molecule has 0 saturated heterocycles. The Bertz CT molecular complexity index is 1140. The van der Waals surface area contributed by atoms with Crippen LogP contribution in [0.25, 0.3) is 10.2 Å². The first-order valence-electron chi connectivity index (χ1n) is 10.5. The third-order valence-electron chi connectivity index (χ3n) is 5.78. The van der Waals surface area contributed by atoms with Crippen LogP contribution in [0.4, 0.5) is 32.0 Å². The molecule has 2 heterocycles. The van der Waals surface area contributed by atoms with Gasteiger partial charge in [0.15, 0.2) is 0 Å². The van der Waals surface area contributed by atoms with Gasteiger partial charge in [0.2, 0.25) is 0 Å². The minimum atomic E-state index is -4.99. The summed E-state index contributed by atoms with van der Waals surface area (Å²) in [6, 6.07) is 6.46. The highest BCUT2D eigenvalue weighted by molar-refractivity contribution is 7.17. The van der Waals surface area contributed by atoms with E-state index in [-0.39, 0.29) is 30.1 Å². The first kappa shape index (κ1) is 24.2. The summed E-state index contributed by atoms with van der Waals surface area (Å²) in [4.78, 5) is 19.6. The first-order valence-corrected chi connectivity index (χ1v) is 11.4. The van der Waals surface area contributed by atoms with Crippen LogP contribution in [0.1, 0.15) is 47.4 Å². The van der Waals surface area contributed by atoms with Crippen LogP contribution in [0.2, 0.25) is 0 Å². The number of halogens is 6. The zero-order valence-corrected chi connectivity index (χ0v) is 18.4. The lowest BCUT2D eigenvalue weighted by molar-refractivity contribution is -0.150. The number of carbonyl (C=O) groups is 1. The molecule has 1 saturated carbocycles. The molecule has 2 N–H and O–H groups in total. The van der Waals surface area contributed by atoms with E-state index < -0.39 is 23.7 Å². The number of hydrogen-bond donors (Lipinski definition) is 2. The van der Waals surface area contributed by atoms with Gasteiger partial charge in [-0.15, -0.1) is 11.3 Å². The average Bonchev–Trinajstić information content (AvgIpc) is 3.26. The Kier molecular flexibility index (Phi) is 6.70. The van der Waals surface area contributed by atoms with E-state index in [0.29, 0.717) is 43.4 Å². The number of nitrogens with zero attached hydrogens (tertiary/aromatic N) is 2. The van der Waals surface area contributed by atoms with Crippen LogP contribution in [0.15, 0.2) is 35.8 Å². The van der Waals surface area contributed by atoms with Gasteiger partial charge in [0.25, 0.3) is 5.91 Å². The van der Waals surface area contributed by atoms with E-state index in [4.69, 9.17) is 0 Å². The van der Waals surface area contributed by atoms with Gasteiger partial charge in [0.1, 0.15) is 11.4 Å². The molecule has 5 nitrogen and oxygen atoms in total. The maximum atomic E-state index is 13.0. The minimum absolute atomic E-state index is 0.0509. The second-order valence-electron chi connectivity index (χ2n) is 8.20. The van der Waals surface area contributed by atoms with Gasteiger partial charge in [0, 0.05) is 18.3 Å². The van der Waals surface area contributed by atoms with Gasteiger partial charge in [-0.3, -0.25) is 4.79 Å². The molecule has 2 aromatic heterocycles. The van der Waals surface area contributed by atoms with E-state index in [2.05, 4.69) is 20.6 Å². The van der Waals surface area contributed by atoms with E-state index in [1.54, 1.807) is 17.6 Å². The second kappa shape index (κ2) is 9.40. The summed E-state index contributed by atoms with van der Waals surface area (Å²) in [5.74, 6) is -0.137. The fourth-order valence-corrected chi connectivity index (χ4v) is 4.83. The lowest BCUT2D eigenvalue weighted by Gasteiger charge is -2.29. The summed E-state index contributed by atoms with van der Waals surface area (Å²) < 4.78 is 78.7. The lowest BCUT2D eigenvalue weighted by Crippen LogP contribution is -2.38. The standard InChI is InChI=1S/C22H20F6N4OS/c23-21(24,25)17-8-14(9-18(32-17)22(26,27)28)29-10-12-4-6-13(7-5-12)31-20(33)15-2-1-3-16-19(15)34-11-30-16/h1-3,8-9,11-13H,4-7,10H2,(H,29,32)(H,31,33). The Morgan fingerprint density at radius 2 is 1.65 bits per heavy atom. The van der Waals surface area contributed by atoms with Crippen LogP contribution in [0.5, 0.6) is 0 Å². The number of anilines is 1. The zero-order valence-electron chi connectivity index (χ0n) is 17.6. The zero-order chi connectivity index (χ0) is 24.5. The number of thiazole rings is 1. The van der Waals surface area contributed by atoms with E-state index in [9.17, 15) is 31.1 Å². The number of aromatic nitrogens is 2. The molecule has 12 heteroatoms. The van der Waals surface area contributed by atoms with E-state index in [1.165, 1.54) is 11.3 Å². The van der Waals surface area contributed by atoms with Crippen LogP contribution in [-0.4, -0.2) is 28.5 Å². The summed E-state index contributed by atoms with van der Waals surface area (Å²) in [5, 5.41) is 5.73. The van der Waals surface area contributed by atoms with Crippen molar-refractivity contribution in [1.29, 1.82) is 0 Å². The van der Waals surface area contributed by atoms with E-state index >= 15 is 0 Å². The molecule has 34 heavy (non-hydrogen) atoms. The van der Waals surface area contributed by atoms with Gasteiger partial charge in [-0.1, -0.05) is 6.07 Å². The maximum Gasteiger partial charge on any atom is 0.433 e. The van der Waals surface area contributed by atoms with Gasteiger partial charge in [-0.05, 0) is 55.9 Å². The monoisotopic (exact) mass is 502 g/mol. The SMILES string of the molecule is O=C(NC1CCC(CNc2cc(C(F)(F)F)nc(C(F)(F)F)c2)CC1)c1cccc2ncsc12. The lowest BCUT2D eigenvalue weighted by atomic mass is 9.86. The summed E-state index contributed by atoms with van der Waals surface area (Å²) >= 11 is 1.39. The molecule has 1 aliphatic rings. The Morgan fingerprint density at radius 1 is 1.00 bits per heavy atom. The third kappa shape index (κ3) is 5.60. The Morgan fingerprint density at radius 3 is 2.26 bits per heavy atom. The molecule has 0 spiro atoms. The van der Waals surface area contributed by atoms with Crippen molar-refractivity contribution in [3.05, 3.63) is 52.8 Å². The molecule has 0 bridgehead atoms. The molecule has 3 aromatic rings. The van der Waals surface area contributed by atoms with E-state index in [1.807, 2.05) is 6.07 Å². The topological polar surface area (TPSA) is 66.9 Å². The number of alkyl halides is 6. The second-order valence-corrected chi connectivity index (χ2v) is 9.05.